The Bertz CT molecular complexity index is 502. The zero-order valence-electron chi connectivity index (χ0n) is 9.27. The molecule has 0 unspecified atom stereocenters. The van der Waals surface area contributed by atoms with Gasteiger partial charge in [0.25, 0.3) is 0 Å². The molecule has 0 saturated carbocycles. The van der Waals surface area contributed by atoms with Gasteiger partial charge in [0, 0.05) is 6.54 Å². The highest BCUT2D eigenvalue weighted by atomic mass is 19.1. The number of para-hydroxylation sites is 1. The molecule has 0 fully saturated rings. The minimum Gasteiger partial charge on any atom is -0.484 e. The van der Waals surface area contributed by atoms with E-state index in [1.165, 1.54) is 6.07 Å². The molecule has 1 heterocycles. The van der Waals surface area contributed by atoms with Crippen molar-refractivity contribution in [2.45, 2.75) is 13.2 Å². The zero-order valence-corrected chi connectivity index (χ0v) is 9.27. The first-order valence-electron chi connectivity index (χ1n) is 5.32. The van der Waals surface area contributed by atoms with E-state index in [0.717, 1.165) is 11.4 Å². The topological polar surface area (TPSA) is 48.1 Å². The van der Waals surface area contributed by atoms with Crippen molar-refractivity contribution >= 4 is 0 Å². The Morgan fingerprint density at radius 3 is 2.59 bits per heavy atom. The van der Waals surface area contributed by atoms with Crippen molar-refractivity contribution < 1.29 is 9.13 Å². The molecule has 1 aromatic heterocycles. The van der Waals surface area contributed by atoms with Crippen molar-refractivity contribution in [3.63, 3.8) is 0 Å². The van der Waals surface area contributed by atoms with Crippen LogP contribution >= 0.6 is 0 Å². The van der Waals surface area contributed by atoms with Crippen LogP contribution in [-0.2, 0) is 13.2 Å². The molecule has 0 aliphatic rings. The summed E-state index contributed by atoms with van der Waals surface area (Å²) in [6, 6.07) is 11.8. The van der Waals surface area contributed by atoms with Crippen LogP contribution < -0.4 is 10.5 Å². The van der Waals surface area contributed by atoms with E-state index in [9.17, 15) is 4.39 Å². The van der Waals surface area contributed by atoms with E-state index in [-0.39, 0.29) is 18.2 Å². The number of nitrogens with zero attached hydrogens (tertiary/aromatic N) is 1. The molecule has 1 aromatic carbocycles. The number of rotatable bonds is 4. The Hall–Kier alpha value is -1.94. The van der Waals surface area contributed by atoms with E-state index in [0.29, 0.717) is 6.54 Å². The average Bonchev–Trinajstić information content (AvgIpc) is 2.38. The normalized spacial score (nSPS) is 10.2. The molecule has 0 saturated heterocycles. The highest BCUT2D eigenvalue weighted by Gasteiger charge is 2.02. The Morgan fingerprint density at radius 2 is 1.82 bits per heavy atom. The van der Waals surface area contributed by atoms with Gasteiger partial charge in [0.05, 0.1) is 11.4 Å². The van der Waals surface area contributed by atoms with Gasteiger partial charge in [-0.3, -0.25) is 4.98 Å². The van der Waals surface area contributed by atoms with Gasteiger partial charge in [0.1, 0.15) is 6.61 Å². The molecule has 2 N–H and O–H groups in total. The highest BCUT2D eigenvalue weighted by Crippen LogP contribution is 2.16. The minimum atomic E-state index is -0.373. The maximum Gasteiger partial charge on any atom is 0.165 e. The van der Waals surface area contributed by atoms with Gasteiger partial charge in [-0.15, -0.1) is 0 Å². The number of aromatic nitrogens is 1. The van der Waals surface area contributed by atoms with Crippen molar-refractivity contribution in [1.29, 1.82) is 0 Å². The first kappa shape index (κ1) is 11.5. The van der Waals surface area contributed by atoms with Crippen molar-refractivity contribution in [3.8, 4) is 5.75 Å². The van der Waals surface area contributed by atoms with Crippen molar-refractivity contribution in [2.75, 3.05) is 0 Å². The number of hydrogen-bond donors (Lipinski definition) is 1. The molecule has 0 aliphatic carbocycles. The lowest BCUT2D eigenvalue weighted by molar-refractivity contribution is 0.285. The molecule has 4 heteroatoms. The SMILES string of the molecule is NCc1cccc(COc2ccccc2F)n1. The summed E-state index contributed by atoms with van der Waals surface area (Å²) in [5, 5.41) is 0. The van der Waals surface area contributed by atoms with E-state index in [1.807, 2.05) is 18.2 Å². The summed E-state index contributed by atoms with van der Waals surface area (Å²) >= 11 is 0. The third-order valence-corrected chi connectivity index (χ3v) is 2.29. The second kappa shape index (κ2) is 5.41. The van der Waals surface area contributed by atoms with Gasteiger partial charge in [0.15, 0.2) is 11.6 Å². The number of halogens is 1. The third-order valence-electron chi connectivity index (χ3n) is 2.29. The average molecular weight is 232 g/mol. The van der Waals surface area contributed by atoms with Crippen LogP contribution in [0.25, 0.3) is 0 Å². The predicted octanol–water partition coefficient (Wildman–Crippen LogP) is 2.26. The molecule has 0 bridgehead atoms. The first-order valence-corrected chi connectivity index (χ1v) is 5.32. The number of nitrogens with two attached hydrogens (primary N) is 1. The molecule has 2 aromatic rings. The maximum atomic E-state index is 13.3. The zero-order chi connectivity index (χ0) is 12.1. The molecule has 3 nitrogen and oxygen atoms in total. The molecule has 0 aliphatic heterocycles. The van der Waals surface area contributed by atoms with Crippen LogP contribution in [-0.4, -0.2) is 4.98 Å². The first-order chi connectivity index (χ1) is 8.29. The molecular formula is C13H13FN2O. The van der Waals surface area contributed by atoms with Gasteiger partial charge < -0.3 is 10.5 Å². The second-order valence-corrected chi connectivity index (χ2v) is 3.54. The summed E-state index contributed by atoms with van der Waals surface area (Å²) < 4.78 is 18.6. The summed E-state index contributed by atoms with van der Waals surface area (Å²) in [6.45, 7) is 0.613. The monoisotopic (exact) mass is 232 g/mol. The van der Waals surface area contributed by atoms with E-state index in [4.69, 9.17) is 10.5 Å². The summed E-state index contributed by atoms with van der Waals surface area (Å²) in [7, 11) is 0. The van der Waals surface area contributed by atoms with E-state index in [2.05, 4.69) is 4.98 Å². The summed E-state index contributed by atoms with van der Waals surface area (Å²) in [4.78, 5) is 4.26. The third kappa shape index (κ3) is 3.01. The fourth-order valence-electron chi connectivity index (χ4n) is 1.44. The van der Waals surface area contributed by atoms with Crippen molar-refractivity contribution in [1.82, 2.24) is 4.98 Å². The Kier molecular flexibility index (Phi) is 3.67. The fourth-order valence-corrected chi connectivity index (χ4v) is 1.44. The Morgan fingerprint density at radius 1 is 1.06 bits per heavy atom. The molecular weight excluding hydrogens is 219 g/mol. The largest absolute Gasteiger partial charge is 0.484 e. The maximum absolute atomic E-state index is 13.3. The van der Waals surface area contributed by atoms with E-state index < -0.39 is 0 Å². The number of ether oxygens (including phenoxy) is 1. The molecule has 0 atom stereocenters. The number of benzene rings is 1. The summed E-state index contributed by atoms with van der Waals surface area (Å²) in [6.07, 6.45) is 0. The lowest BCUT2D eigenvalue weighted by atomic mass is 10.3. The van der Waals surface area contributed by atoms with Crippen LogP contribution in [0.4, 0.5) is 4.39 Å². The van der Waals surface area contributed by atoms with Gasteiger partial charge >= 0.3 is 0 Å². The number of pyridine rings is 1. The smallest absolute Gasteiger partial charge is 0.165 e. The Balaban J connectivity index is 2.05. The van der Waals surface area contributed by atoms with E-state index in [1.54, 1.807) is 18.2 Å². The van der Waals surface area contributed by atoms with Crippen LogP contribution in [0.1, 0.15) is 11.4 Å². The van der Waals surface area contributed by atoms with Gasteiger partial charge in [-0.2, -0.15) is 0 Å². The van der Waals surface area contributed by atoms with Gasteiger partial charge in [-0.25, -0.2) is 4.39 Å². The predicted molar refractivity (Wildman–Crippen MR) is 62.9 cm³/mol. The van der Waals surface area contributed by atoms with Gasteiger partial charge in [-0.05, 0) is 24.3 Å². The molecule has 0 radical (unpaired) electrons. The molecule has 0 amide bonds. The fraction of sp³-hybridized carbons (Fsp3) is 0.154. The minimum absolute atomic E-state index is 0.229. The van der Waals surface area contributed by atoms with Crippen LogP contribution in [0.15, 0.2) is 42.5 Å². The Labute approximate surface area is 99.1 Å². The molecule has 17 heavy (non-hydrogen) atoms. The van der Waals surface area contributed by atoms with Crippen LogP contribution in [0, 0.1) is 5.82 Å². The van der Waals surface area contributed by atoms with E-state index >= 15 is 0 Å². The van der Waals surface area contributed by atoms with Crippen LogP contribution in [0.3, 0.4) is 0 Å². The molecule has 0 spiro atoms. The van der Waals surface area contributed by atoms with Crippen LogP contribution in [0.5, 0.6) is 5.75 Å². The number of hydrogen-bond acceptors (Lipinski definition) is 3. The van der Waals surface area contributed by atoms with Crippen LogP contribution in [0.2, 0.25) is 0 Å². The lowest BCUT2D eigenvalue weighted by Gasteiger charge is -2.07. The second-order valence-electron chi connectivity index (χ2n) is 3.54. The standard InChI is InChI=1S/C13H13FN2O/c14-12-6-1-2-7-13(12)17-9-11-5-3-4-10(8-15)16-11/h1-7H,8-9,15H2. The van der Waals surface area contributed by atoms with Gasteiger partial charge in [-0.1, -0.05) is 18.2 Å². The van der Waals surface area contributed by atoms with Crippen molar-refractivity contribution in [2.24, 2.45) is 5.73 Å². The quantitative estimate of drug-likeness (QED) is 0.879. The highest BCUT2D eigenvalue weighted by molar-refractivity contribution is 5.24. The lowest BCUT2D eigenvalue weighted by Crippen LogP contribution is -2.04. The molecule has 2 rings (SSSR count). The van der Waals surface area contributed by atoms with Crippen molar-refractivity contribution in [3.05, 3.63) is 59.7 Å². The van der Waals surface area contributed by atoms with Gasteiger partial charge in [0.2, 0.25) is 0 Å². The summed E-state index contributed by atoms with van der Waals surface area (Å²) in [5.41, 5.74) is 7.01. The summed E-state index contributed by atoms with van der Waals surface area (Å²) in [5.74, 6) is -0.144. The molecule has 88 valence electrons.